The lowest BCUT2D eigenvalue weighted by molar-refractivity contribution is -0.120. The van der Waals surface area contributed by atoms with Crippen molar-refractivity contribution in [3.8, 4) is 22.8 Å². The maximum Gasteiger partial charge on any atom is 0.249 e. The van der Waals surface area contributed by atoms with Gasteiger partial charge in [0.2, 0.25) is 17.6 Å². The van der Waals surface area contributed by atoms with Gasteiger partial charge in [-0.3, -0.25) is 9.89 Å². The summed E-state index contributed by atoms with van der Waals surface area (Å²) in [4.78, 5) is 20.6. The van der Waals surface area contributed by atoms with Crippen LogP contribution in [0.3, 0.4) is 0 Å². The van der Waals surface area contributed by atoms with Crippen LogP contribution in [0.2, 0.25) is 0 Å². The number of carbonyl (C=O) groups excluding carboxylic acids is 1. The van der Waals surface area contributed by atoms with E-state index in [1.165, 1.54) is 19.8 Å². The molecule has 0 spiro atoms. The normalized spacial score (nSPS) is 15.8. The molecule has 1 fully saturated rings. The number of hydrogen-bond donors (Lipinski definition) is 2. The van der Waals surface area contributed by atoms with Crippen molar-refractivity contribution < 1.29 is 9.32 Å². The van der Waals surface area contributed by atoms with Gasteiger partial charge in [0.15, 0.2) is 5.82 Å². The molecule has 1 aromatic carbocycles. The summed E-state index contributed by atoms with van der Waals surface area (Å²) in [6.45, 7) is 3.37. The Morgan fingerprint density at radius 2 is 1.96 bits per heavy atom. The summed E-state index contributed by atoms with van der Waals surface area (Å²) >= 11 is 0. The fourth-order valence-corrected chi connectivity index (χ4v) is 3.64. The SMILES string of the molecule is CC(=O)NC(c1nc(-c2cccc(-c3n[nH]c(C)n3)c2)no1)C1CCCC1. The van der Waals surface area contributed by atoms with Crippen LogP contribution in [0.1, 0.15) is 50.4 Å². The van der Waals surface area contributed by atoms with E-state index in [0.29, 0.717) is 23.5 Å². The molecule has 0 saturated heterocycles. The molecule has 1 unspecified atom stereocenters. The highest BCUT2D eigenvalue weighted by atomic mass is 16.5. The van der Waals surface area contributed by atoms with Gasteiger partial charge in [0, 0.05) is 18.1 Å². The number of aromatic amines is 1. The van der Waals surface area contributed by atoms with E-state index in [1.807, 2.05) is 31.2 Å². The number of nitrogens with one attached hydrogen (secondary N) is 2. The Balaban J connectivity index is 1.62. The van der Waals surface area contributed by atoms with E-state index in [2.05, 4.69) is 30.6 Å². The lowest BCUT2D eigenvalue weighted by atomic mass is 9.98. The molecule has 140 valence electrons. The highest BCUT2D eigenvalue weighted by Gasteiger charge is 2.31. The van der Waals surface area contributed by atoms with Crippen molar-refractivity contribution in [3.05, 3.63) is 36.0 Å². The Hall–Kier alpha value is -3.03. The van der Waals surface area contributed by atoms with Gasteiger partial charge in [-0.2, -0.15) is 10.1 Å². The summed E-state index contributed by atoms with van der Waals surface area (Å²) in [6, 6.07) is 7.46. The first-order valence-electron chi connectivity index (χ1n) is 9.20. The third kappa shape index (κ3) is 3.74. The quantitative estimate of drug-likeness (QED) is 0.717. The lowest BCUT2D eigenvalue weighted by Gasteiger charge is -2.20. The molecule has 0 bridgehead atoms. The molecule has 0 aliphatic heterocycles. The topological polar surface area (TPSA) is 110 Å². The number of carbonyl (C=O) groups is 1. The number of rotatable bonds is 5. The molecule has 4 rings (SSSR count). The highest BCUT2D eigenvalue weighted by Crippen LogP contribution is 2.35. The van der Waals surface area contributed by atoms with Gasteiger partial charge in [-0.15, -0.1) is 0 Å². The van der Waals surface area contributed by atoms with Crippen LogP contribution in [0.4, 0.5) is 0 Å². The maximum absolute atomic E-state index is 11.6. The minimum Gasteiger partial charge on any atom is -0.344 e. The zero-order valence-electron chi connectivity index (χ0n) is 15.4. The Kier molecular flexibility index (Phi) is 4.70. The number of nitrogens with zero attached hydrogens (tertiary/aromatic N) is 4. The summed E-state index contributed by atoms with van der Waals surface area (Å²) < 4.78 is 5.53. The van der Waals surface area contributed by atoms with E-state index in [4.69, 9.17) is 4.52 Å². The number of H-pyrrole nitrogens is 1. The van der Waals surface area contributed by atoms with E-state index in [0.717, 1.165) is 29.8 Å². The van der Waals surface area contributed by atoms with E-state index >= 15 is 0 Å². The zero-order valence-corrected chi connectivity index (χ0v) is 15.4. The molecular weight excluding hydrogens is 344 g/mol. The smallest absolute Gasteiger partial charge is 0.249 e. The van der Waals surface area contributed by atoms with Crippen molar-refractivity contribution in [2.75, 3.05) is 0 Å². The van der Waals surface area contributed by atoms with Gasteiger partial charge in [-0.05, 0) is 31.7 Å². The van der Waals surface area contributed by atoms with Crippen LogP contribution >= 0.6 is 0 Å². The second kappa shape index (κ2) is 7.30. The molecule has 8 nitrogen and oxygen atoms in total. The first-order valence-corrected chi connectivity index (χ1v) is 9.20. The Morgan fingerprint density at radius 3 is 2.63 bits per heavy atom. The molecule has 2 heterocycles. The number of aromatic nitrogens is 5. The molecule has 27 heavy (non-hydrogen) atoms. The first-order chi connectivity index (χ1) is 13.1. The predicted octanol–water partition coefficient (Wildman–Crippen LogP) is 3.20. The molecule has 1 aliphatic carbocycles. The number of amides is 1. The van der Waals surface area contributed by atoms with Crippen molar-refractivity contribution in [2.45, 2.75) is 45.6 Å². The monoisotopic (exact) mass is 366 g/mol. The molecule has 1 atom stereocenters. The Morgan fingerprint density at radius 1 is 1.22 bits per heavy atom. The number of benzene rings is 1. The molecular formula is C19H22N6O2. The van der Waals surface area contributed by atoms with Gasteiger partial charge in [-0.1, -0.05) is 36.2 Å². The standard InChI is InChI=1S/C19H22N6O2/c1-11-20-17(24-23-11)14-8-5-9-15(10-14)18-22-19(27-25-18)16(21-12(2)26)13-6-3-4-7-13/h5,8-10,13,16H,3-4,6-7H2,1-2H3,(H,21,26)(H,20,23,24). The summed E-state index contributed by atoms with van der Waals surface area (Å²) in [5, 5.41) is 14.2. The highest BCUT2D eigenvalue weighted by molar-refractivity contribution is 5.73. The second-order valence-corrected chi connectivity index (χ2v) is 7.00. The van der Waals surface area contributed by atoms with Crippen molar-refractivity contribution in [1.29, 1.82) is 0 Å². The molecule has 0 radical (unpaired) electrons. The fraction of sp³-hybridized carbons (Fsp3) is 0.421. The van der Waals surface area contributed by atoms with Crippen LogP contribution in [-0.4, -0.2) is 31.2 Å². The van der Waals surface area contributed by atoms with E-state index < -0.39 is 0 Å². The van der Waals surface area contributed by atoms with Gasteiger partial charge in [-0.25, -0.2) is 4.98 Å². The van der Waals surface area contributed by atoms with Gasteiger partial charge >= 0.3 is 0 Å². The summed E-state index contributed by atoms with van der Waals surface area (Å²) in [6.07, 6.45) is 4.45. The molecule has 2 N–H and O–H groups in total. The molecule has 3 aromatic rings. The fourth-order valence-electron chi connectivity index (χ4n) is 3.64. The average molecular weight is 366 g/mol. The van der Waals surface area contributed by atoms with Crippen LogP contribution in [-0.2, 0) is 4.79 Å². The zero-order chi connectivity index (χ0) is 18.8. The average Bonchev–Trinajstić information content (AvgIpc) is 3.41. The minimum absolute atomic E-state index is 0.0892. The van der Waals surface area contributed by atoms with E-state index in [-0.39, 0.29) is 11.9 Å². The van der Waals surface area contributed by atoms with Gasteiger partial charge < -0.3 is 9.84 Å². The predicted molar refractivity (Wildman–Crippen MR) is 98.4 cm³/mol. The molecule has 1 amide bonds. The van der Waals surface area contributed by atoms with Crippen molar-refractivity contribution in [1.82, 2.24) is 30.6 Å². The first kappa shape index (κ1) is 17.4. The van der Waals surface area contributed by atoms with Gasteiger partial charge in [0.1, 0.15) is 11.9 Å². The van der Waals surface area contributed by atoms with Crippen LogP contribution in [0.5, 0.6) is 0 Å². The van der Waals surface area contributed by atoms with Crippen molar-refractivity contribution >= 4 is 5.91 Å². The van der Waals surface area contributed by atoms with Crippen LogP contribution in [0.25, 0.3) is 22.8 Å². The minimum atomic E-state index is -0.231. The van der Waals surface area contributed by atoms with E-state index in [1.54, 1.807) is 0 Å². The van der Waals surface area contributed by atoms with Crippen LogP contribution in [0.15, 0.2) is 28.8 Å². The molecule has 2 aromatic heterocycles. The van der Waals surface area contributed by atoms with Gasteiger partial charge in [0.25, 0.3) is 0 Å². The molecule has 1 aliphatic rings. The summed E-state index contributed by atoms with van der Waals surface area (Å²) in [7, 11) is 0. The molecule has 8 heteroatoms. The van der Waals surface area contributed by atoms with Crippen LogP contribution in [0, 0.1) is 12.8 Å². The number of hydrogen-bond acceptors (Lipinski definition) is 6. The summed E-state index contributed by atoms with van der Waals surface area (Å²) in [5.41, 5.74) is 1.69. The van der Waals surface area contributed by atoms with Crippen LogP contribution < -0.4 is 5.32 Å². The van der Waals surface area contributed by atoms with Crippen molar-refractivity contribution in [2.24, 2.45) is 5.92 Å². The van der Waals surface area contributed by atoms with Crippen molar-refractivity contribution in [3.63, 3.8) is 0 Å². The van der Waals surface area contributed by atoms with E-state index in [9.17, 15) is 4.79 Å². The second-order valence-electron chi connectivity index (χ2n) is 7.00. The maximum atomic E-state index is 11.6. The molecule has 1 saturated carbocycles. The lowest BCUT2D eigenvalue weighted by Crippen LogP contribution is -2.31. The third-order valence-corrected chi connectivity index (χ3v) is 4.91. The summed E-state index contributed by atoms with van der Waals surface area (Å²) in [5.74, 6) is 2.59. The third-order valence-electron chi connectivity index (χ3n) is 4.91. The Labute approximate surface area is 156 Å². The Bertz CT molecular complexity index is 941. The number of aryl methyl sites for hydroxylation is 1. The van der Waals surface area contributed by atoms with Gasteiger partial charge in [0.05, 0.1) is 0 Å². The largest absolute Gasteiger partial charge is 0.344 e.